The Morgan fingerprint density at radius 1 is 1.17 bits per heavy atom. The van der Waals surface area contributed by atoms with E-state index in [2.05, 4.69) is 28.2 Å². The van der Waals surface area contributed by atoms with Crippen molar-refractivity contribution in [1.29, 1.82) is 0 Å². The van der Waals surface area contributed by atoms with Crippen LogP contribution < -0.4 is 10.1 Å². The van der Waals surface area contributed by atoms with E-state index in [0.717, 1.165) is 31.6 Å². The first-order valence-electron chi connectivity index (χ1n) is 11.1. The Morgan fingerprint density at radius 2 is 1.86 bits per heavy atom. The highest BCUT2D eigenvalue weighted by atomic mass is 79.9. The van der Waals surface area contributed by atoms with E-state index in [1.165, 1.54) is 19.3 Å². The second-order valence-electron chi connectivity index (χ2n) is 8.50. The van der Waals surface area contributed by atoms with Gasteiger partial charge in [-0.05, 0) is 62.6 Å². The zero-order chi connectivity index (χ0) is 21.4. The van der Waals surface area contributed by atoms with Crippen LogP contribution in [0.15, 0.2) is 18.2 Å². The van der Waals surface area contributed by atoms with E-state index >= 15 is 0 Å². The van der Waals surface area contributed by atoms with Crippen LogP contribution in [0.3, 0.4) is 0 Å². The molecule has 1 N–H and O–H groups in total. The van der Waals surface area contributed by atoms with Gasteiger partial charge in [0.1, 0.15) is 5.75 Å². The van der Waals surface area contributed by atoms with Crippen molar-refractivity contribution < 1.29 is 14.3 Å². The van der Waals surface area contributed by atoms with E-state index in [1.807, 2.05) is 20.8 Å². The van der Waals surface area contributed by atoms with Gasteiger partial charge in [0.05, 0.1) is 17.1 Å². The number of hydrogen-bond acceptors (Lipinski definition) is 3. The maximum absolute atomic E-state index is 12.8. The van der Waals surface area contributed by atoms with Crippen LogP contribution in [0.5, 0.6) is 5.75 Å². The number of anilines is 1. The Kier molecular flexibility index (Phi) is 9.67. The molecule has 0 radical (unpaired) electrons. The third-order valence-corrected chi connectivity index (χ3v) is 7.32. The van der Waals surface area contributed by atoms with Crippen LogP contribution in [0, 0.1) is 17.8 Å². The summed E-state index contributed by atoms with van der Waals surface area (Å²) in [5.74, 6) is 1.71. The molecule has 1 saturated carbocycles. The Bertz CT molecular complexity index is 681. The molecular weight excluding hydrogens is 430 g/mol. The smallest absolute Gasteiger partial charge is 0.227 e. The van der Waals surface area contributed by atoms with Crippen molar-refractivity contribution in [1.82, 2.24) is 0 Å². The number of benzene rings is 1. The number of hydrogen-bond donors (Lipinski definition) is 1. The number of unbranched alkanes of at least 4 members (excludes halogenated alkanes) is 1. The topological polar surface area (TPSA) is 55.4 Å². The predicted octanol–water partition coefficient (Wildman–Crippen LogP) is 6.62. The summed E-state index contributed by atoms with van der Waals surface area (Å²) in [7, 11) is 0. The van der Waals surface area contributed by atoms with Crippen molar-refractivity contribution in [2.24, 2.45) is 17.8 Å². The first-order chi connectivity index (χ1) is 13.9. The van der Waals surface area contributed by atoms with Crippen LogP contribution in [-0.2, 0) is 4.79 Å². The standard InChI is InChI=1S/C24H36BrNO3/c1-5-7-8-17-9-11-18(12-10-17)24(28)26-20-14-13-19(15-21(20)29-6-2)23(27)22(25)16(3)4/h13-18,22H,5-12H2,1-4H3,(H,26,28). The van der Waals surface area contributed by atoms with Crippen LogP contribution in [0.4, 0.5) is 5.69 Å². The fourth-order valence-electron chi connectivity index (χ4n) is 3.96. The highest BCUT2D eigenvalue weighted by Gasteiger charge is 2.27. The third-order valence-electron chi connectivity index (χ3n) is 5.84. The number of amides is 1. The summed E-state index contributed by atoms with van der Waals surface area (Å²) in [6.45, 7) is 8.62. The van der Waals surface area contributed by atoms with E-state index in [-0.39, 0.29) is 28.4 Å². The lowest BCUT2D eigenvalue weighted by molar-refractivity contribution is -0.121. The van der Waals surface area contributed by atoms with Crippen molar-refractivity contribution in [2.45, 2.75) is 77.5 Å². The number of ketones is 1. The number of halogens is 1. The number of carbonyl (C=O) groups is 2. The number of rotatable bonds is 10. The molecule has 0 aromatic heterocycles. The molecule has 1 fully saturated rings. The molecule has 0 saturated heterocycles. The molecule has 1 aromatic carbocycles. The normalized spacial score (nSPS) is 20.3. The van der Waals surface area contributed by atoms with Crippen LogP contribution >= 0.6 is 15.9 Å². The molecule has 1 aliphatic carbocycles. The molecule has 0 heterocycles. The molecule has 2 rings (SSSR count). The lowest BCUT2D eigenvalue weighted by atomic mass is 9.79. The number of Topliss-reactive ketones (excluding diaryl/α,β-unsaturated/α-hetero) is 1. The van der Waals surface area contributed by atoms with Crippen molar-refractivity contribution in [3.05, 3.63) is 23.8 Å². The lowest BCUT2D eigenvalue weighted by Gasteiger charge is -2.28. The van der Waals surface area contributed by atoms with Gasteiger partial charge >= 0.3 is 0 Å². The summed E-state index contributed by atoms with van der Waals surface area (Å²) >= 11 is 3.48. The first-order valence-corrected chi connectivity index (χ1v) is 12.0. The fourth-order valence-corrected chi connectivity index (χ4v) is 4.22. The van der Waals surface area contributed by atoms with Gasteiger partial charge in [-0.2, -0.15) is 0 Å². The molecule has 4 nitrogen and oxygen atoms in total. The second-order valence-corrected chi connectivity index (χ2v) is 9.49. The van der Waals surface area contributed by atoms with Crippen molar-refractivity contribution in [2.75, 3.05) is 11.9 Å². The van der Waals surface area contributed by atoms with E-state index in [1.54, 1.807) is 18.2 Å². The predicted molar refractivity (Wildman–Crippen MR) is 123 cm³/mol. The van der Waals surface area contributed by atoms with E-state index in [9.17, 15) is 9.59 Å². The Hall–Kier alpha value is -1.36. The molecule has 1 unspecified atom stereocenters. The van der Waals surface area contributed by atoms with Crippen LogP contribution in [0.1, 0.15) is 83.0 Å². The van der Waals surface area contributed by atoms with Gasteiger partial charge in [0.2, 0.25) is 5.91 Å². The highest BCUT2D eigenvalue weighted by molar-refractivity contribution is 9.10. The third kappa shape index (κ3) is 6.84. The number of alkyl halides is 1. The summed E-state index contributed by atoms with van der Waals surface area (Å²) in [5.41, 5.74) is 1.25. The largest absolute Gasteiger partial charge is 0.492 e. The van der Waals surface area contributed by atoms with Crippen molar-refractivity contribution >= 4 is 33.3 Å². The summed E-state index contributed by atoms with van der Waals surface area (Å²) in [5, 5.41) is 3.05. The summed E-state index contributed by atoms with van der Waals surface area (Å²) < 4.78 is 5.74. The minimum absolute atomic E-state index is 0.0317. The zero-order valence-electron chi connectivity index (χ0n) is 18.3. The van der Waals surface area contributed by atoms with Gasteiger partial charge in [0.25, 0.3) is 0 Å². The van der Waals surface area contributed by atoms with Crippen molar-refractivity contribution in [3.63, 3.8) is 0 Å². The minimum Gasteiger partial charge on any atom is -0.492 e. The van der Waals surface area contributed by atoms with Crippen molar-refractivity contribution in [3.8, 4) is 5.75 Å². The maximum atomic E-state index is 12.8. The van der Waals surface area contributed by atoms with Crippen LogP contribution in [-0.4, -0.2) is 23.1 Å². The monoisotopic (exact) mass is 465 g/mol. The van der Waals surface area contributed by atoms with Gasteiger partial charge in [0, 0.05) is 11.5 Å². The Labute approximate surface area is 184 Å². The Balaban J connectivity index is 2.04. The van der Waals surface area contributed by atoms with Gasteiger partial charge in [-0.15, -0.1) is 0 Å². The van der Waals surface area contributed by atoms with Gasteiger partial charge in [0.15, 0.2) is 5.78 Å². The fraction of sp³-hybridized carbons (Fsp3) is 0.667. The van der Waals surface area contributed by atoms with E-state index in [0.29, 0.717) is 23.6 Å². The molecular formula is C24H36BrNO3. The number of carbonyl (C=O) groups excluding carboxylic acids is 2. The van der Waals surface area contributed by atoms with E-state index in [4.69, 9.17) is 4.74 Å². The highest BCUT2D eigenvalue weighted by Crippen LogP contribution is 2.34. The molecule has 0 aliphatic heterocycles. The number of nitrogens with one attached hydrogen (secondary N) is 1. The minimum atomic E-state index is -0.236. The molecule has 1 amide bonds. The SMILES string of the molecule is CCCCC1CCC(C(=O)Nc2ccc(C(=O)C(Br)C(C)C)cc2OCC)CC1. The lowest BCUT2D eigenvalue weighted by Crippen LogP contribution is -2.27. The molecule has 5 heteroatoms. The van der Waals surface area contributed by atoms with Gasteiger partial charge in [-0.25, -0.2) is 0 Å². The maximum Gasteiger partial charge on any atom is 0.227 e. The second kappa shape index (κ2) is 11.7. The molecule has 0 spiro atoms. The average Bonchev–Trinajstić information content (AvgIpc) is 2.72. The van der Waals surface area contributed by atoms with Crippen LogP contribution in [0.2, 0.25) is 0 Å². The zero-order valence-corrected chi connectivity index (χ0v) is 19.9. The molecule has 1 aromatic rings. The van der Waals surface area contributed by atoms with Gasteiger partial charge in [-0.1, -0.05) is 56.0 Å². The number of ether oxygens (including phenoxy) is 1. The molecule has 0 bridgehead atoms. The molecule has 1 aliphatic rings. The Morgan fingerprint density at radius 3 is 2.45 bits per heavy atom. The molecule has 1 atom stereocenters. The van der Waals surface area contributed by atoms with Crippen LogP contribution in [0.25, 0.3) is 0 Å². The average molecular weight is 466 g/mol. The van der Waals surface area contributed by atoms with E-state index < -0.39 is 0 Å². The van der Waals surface area contributed by atoms with Gasteiger partial charge < -0.3 is 10.1 Å². The summed E-state index contributed by atoms with van der Waals surface area (Å²) in [6.07, 6.45) is 8.03. The first kappa shape index (κ1) is 23.9. The van der Waals surface area contributed by atoms with Gasteiger partial charge in [-0.3, -0.25) is 9.59 Å². The quantitative estimate of drug-likeness (QED) is 0.311. The summed E-state index contributed by atoms with van der Waals surface area (Å²) in [6, 6.07) is 5.32. The molecule has 29 heavy (non-hydrogen) atoms. The molecule has 162 valence electrons. The summed E-state index contributed by atoms with van der Waals surface area (Å²) in [4.78, 5) is 25.2.